The van der Waals surface area contributed by atoms with E-state index in [0.717, 1.165) is 29.4 Å². The molecule has 0 aliphatic heterocycles. The van der Waals surface area contributed by atoms with Crippen LogP contribution >= 0.6 is 15.9 Å². The molecular weight excluding hydrogens is 318 g/mol. The van der Waals surface area contributed by atoms with E-state index in [-0.39, 0.29) is 5.91 Å². The third-order valence-corrected chi connectivity index (χ3v) is 3.42. The molecule has 2 rings (SSSR count). The minimum Gasteiger partial charge on any atom is -0.350 e. The van der Waals surface area contributed by atoms with Gasteiger partial charge in [0.15, 0.2) is 0 Å². The number of amides is 1. The fraction of sp³-hybridized carbons (Fsp3) is 0.333. The van der Waals surface area contributed by atoms with E-state index in [1.807, 2.05) is 35.2 Å². The standard InChI is InChI=1S/C15H18BrN3O/c1-2-8-19-11-13(16)9-14(19)15(20)18-7-5-12-4-3-6-17-10-12/h3-4,6,9-11H,2,5,7-8H2,1H3,(H,18,20). The van der Waals surface area contributed by atoms with E-state index in [0.29, 0.717) is 12.2 Å². The van der Waals surface area contributed by atoms with Crippen LogP contribution in [0, 0.1) is 0 Å². The number of hydrogen-bond acceptors (Lipinski definition) is 2. The molecule has 106 valence electrons. The van der Waals surface area contributed by atoms with Crippen molar-refractivity contribution in [3.05, 3.63) is 52.5 Å². The highest BCUT2D eigenvalue weighted by Crippen LogP contribution is 2.15. The topological polar surface area (TPSA) is 46.9 Å². The molecule has 0 aliphatic rings. The Labute approximate surface area is 127 Å². The maximum Gasteiger partial charge on any atom is 0.267 e. The molecule has 2 aromatic heterocycles. The lowest BCUT2D eigenvalue weighted by atomic mass is 10.2. The average molecular weight is 336 g/mol. The molecule has 2 heterocycles. The second kappa shape index (κ2) is 7.24. The Balaban J connectivity index is 1.91. The summed E-state index contributed by atoms with van der Waals surface area (Å²) in [5.74, 6) is -0.0342. The number of nitrogens with one attached hydrogen (secondary N) is 1. The largest absolute Gasteiger partial charge is 0.350 e. The van der Waals surface area contributed by atoms with E-state index in [4.69, 9.17) is 0 Å². The summed E-state index contributed by atoms with van der Waals surface area (Å²) in [6, 6.07) is 5.77. The Morgan fingerprint density at radius 3 is 3.05 bits per heavy atom. The lowest BCUT2D eigenvalue weighted by Crippen LogP contribution is -2.27. The van der Waals surface area contributed by atoms with Gasteiger partial charge in [0.05, 0.1) is 0 Å². The van der Waals surface area contributed by atoms with Crippen LogP contribution in [0.15, 0.2) is 41.3 Å². The first-order valence-electron chi connectivity index (χ1n) is 6.73. The van der Waals surface area contributed by atoms with Gasteiger partial charge in [-0.15, -0.1) is 0 Å². The van der Waals surface area contributed by atoms with E-state index in [9.17, 15) is 4.79 Å². The Bertz CT molecular complexity index is 566. The normalized spacial score (nSPS) is 10.5. The molecule has 0 atom stereocenters. The first-order valence-corrected chi connectivity index (χ1v) is 7.52. The summed E-state index contributed by atoms with van der Waals surface area (Å²) in [7, 11) is 0. The highest BCUT2D eigenvalue weighted by molar-refractivity contribution is 9.10. The van der Waals surface area contributed by atoms with Crippen molar-refractivity contribution in [2.24, 2.45) is 0 Å². The molecule has 4 nitrogen and oxygen atoms in total. The number of carbonyl (C=O) groups excluding carboxylic acids is 1. The number of carbonyl (C=O) groups is 1. The van der Waals surface area contributed by atoms with E-state index in [1.54, 1.807) is 6.20 Å². The second-order valence-corrected chi connectivity index (χ2v) is 5.52. The molecule has 0 saturated heterocycles. The van der Waals surface area contributed by atoms with Gasteiger partial charge in [-0.05, 0) is 46.5 Å². The Morgan fingerprint density at radius 1 is 1.50 bits per heavy atom. The lowest BCUT2D eigenvalue weighted by molar-refractivity contribution is 0.0944. The van der Waals surface area contributed by atoms with Crippen LogP contribution < -0.4 is 5.32 Å². The van der Waals surface area contributed by atoms with E-state index < -0.39 is 0 Å². The quantitative estimate of drug-likeness (QED) is 0.881. The molecule has 0 spiro atoms. The van der Waals surface area contributed by atoms with Crippen molar-refractivity contribution in [3.8, 4) is 0 Å². The van der Waals surface area contributed by atoms with Gasteiger partial charge >= 0.3 is 0 Å². The zero-order chi connectivity index (χ0) is 14.4. The summed E-state index contributed by atoms with van der Waals surface area (Å²) in [5, 5.41) is 2.95. The maximum absolute atomic E-state index is 12.2. The molecule has 2 aromatic rings. The van der Waals surface area contributed by atoms with Gasteiger partial charge in [-0.25, -0.2) is 0 Å². The number of aromatic nitrogens is 2. The van der Waals surface area contributed by atoms with Gasteiger partial charge in [-0.3, -0.25) is 9.78 Å². The lowest BCUT2D eigenvalue weighted by Gasteiger charge is -2.08. The van der Waals surface area contributed by atoms with Crippen LogP contribution in [0.4, 0.5) is 0 Å². The first-order chi connectivity index (χ1) is 9.70. The monoisotopic (exact) mass is 335 g/mol. The molecule has 0 aliphatic carbocycles. The fourth-order valence-electron chi connectivity index (χ4n) is 2.05. The van der Waals surface area contributed by atoms with Crippen LogP contribution in [-0.2, 0) is 13.0 Å². The molecule has 0 radical (unpaired) electrons. The average Bonchev–Trinajstić information content (AvgIpc) is 2.81. The van der Waals surface area contributed by atoms with Crippen molar-refractivity contribution in [2.75, 3.05) is 6.54 Å². The van der Waals surface area contributed by atoms with Gasteiger partial charge in [0.1, 0.15) is 5.69 Å². The predicted octanol–water partition coefficient (Wildman–Crippen LogP) is 3.03. The zero-order valence-corrected chi connectivity index (χ0v) is 13.1. The number of halogens is 1. The van der Waals surface area contributed by atoms with Gasteiger partial charge in [0, 0.05) is 36.2 Å². The van der Waals surface area contributed by atoms with Gasteiger partial charge in [0.2, 0.25) is 0 Å². The van der Waals surface area contributed by atoms with Gasteiger partial charge in [-0.2, -0.15) is 0 Å². The highest BCUT2D eigenvalue weighted by Gasteiger charge is 2.12. The van der Waals surface area contributed by atoms with Crippen LogP contribution in [0.5, 0.6) is 0 Å². The minimum atomic E-state index is -0.0342. The van der Waals surface area contributed by atoms with Gasteiger partial charge in [0.25, 0.3) is 5.91 Å². The molecule has 0 fully saturated rings. The van der Waals surface area contributed by atoms with Crippen LogP contribution in [0.2, 0.25) is 0 Å². The molecule has 20 heavy (non-hydrogen) atoms. The summed E-state index contributed by atoms with van der Waals surface area (Å²) in [4.78, 5) is 16.2. The summed E-state index contributed by atoms with van der Waals surface area (Å²) in [6.07, 6.45) is 7.30. The van der Waals surface area contributed by atoms with Crippen LogP contribution in [-0.4, -0.2) is 22.0 Å². The number of rotatable bonds is 6. The zero-order valence-electron chi connectivity index (χ0n) is 11.5. The van der Waals surface area contributed by atoms with Crippen molar-refractivity contribution in [2.45, 2.75) is 26.3 Å². The van der Waals surface area contributed by atoms with Gasteiger partial charge in [-0.1, -0.05) is 13.0 Å². The second-order valence-electron chi connectivity index (χ2n) is 4.60. The summed E-state index contributed by atoms with van der Waals surface area (Å²) in [5.41, 5.74) is 1.82. The molecule has 5 heteroatoms. The first kappa shape index (κ1) is 14.8. The van der Waals surface area contributed by atoms with Crippen molar-refractivity contribution in [1.29, 1.82) is 0 Å². The Morgan fingerprint density at radius 2 is 2.35 bits per heavy atom. The summed E-state index contributed by atoms with van der Waals surface area (Å²) >= 11 is 3.42. The molecule has 1 N–H and O–H groups in total. The predicted molar refractivity (Wildman–Crippen MR) is 82.7 cm³/mol. The fourth-order valence-corrected chi connectivity index (χ4v) is 2.51. The van der Waals surface area contributed by atoms with Crippen molar-refractivity contribution < 1.29 is 4.79 Å². The molecule has 0 saturated carbocycles. The Kier molecular flexibility index (Phi) is 5.35. The maximum atomic E-state index is 12.2. The summed E-state index contributed by atoms with van der Waals surface area (Å²) in [6.45, 7) is 3.55. The molecule has 0 bridgehead atoms. The van der Waals surface area contributed by atoms with Gasteiger partial charge < -0.3 is 9.88 Å². The third-order valence-electron chi connectivity index (χ3n) is 2.98. The number of hydrogen-bond donors (Lipinski definition) is 1. The van der Waals surface area contributed by atoms with Crippen molar-refractivity contribution >= 4 is 21.8 Å². The third kappa shape index (κ3) is 3.93. The Hall–Kier alpha value is -1.62. The SMILES string of the molecule is CCCn1cc(Br)cc1C(=O)NCCc1cccnc1. The van der Waals surface area contributed by atoms with Crippen LogP contribution in [0.1, 0.15) is 29.4 Å². The molecule has 0 unspecified atom stereocenters. The smallest absolute Gasteiger partial charge is 0.267 e. The highest BCUT2D eigenvalue weighted by atomic mass is 79.9. The number of pyridine rings is 1. The number of nitrogens with zero attached hydrogens (tertiary/aromatic N) is 2. The molecule has 0 aromatic carbocycles. The van der Waals surface area contributed by atoms with Crippen LogP contribution in [0.3, 0.4) is 0 Å². The van der Waals surface area contributed by atoms with Crippen molar-refractivity contribution in [3.63, 3.8) is 0 Å². The van der Waals surface area contributed by atoms with Crippen molar-refractivity contribution in [1.82, 2.24) is 14.9 Å². The number of aryl methyl sites for hydroxylation is 1. The van der Waals surface area contributed by atoms with E-state index in [2.05, 4.69) is 33.2 Å². The van der Waals surface area contributed by atoms with E-state index >= 15 is 0 Å². The summed E-state index contributed by atoms with van der Waals surface area (Å²) < 4.78 is 2.91. The molecular formula is C15H18BrN3O. The molecule has 1 amide bonds. The van der Waals surface area contributed by atoms with E-state index in [1.165, 1.54) is 0 Å². The minimum absolute atomic E-state index is 0.0342. The van der Waals surface area contributed by atoms with Crippen LogP contribution in [0.25, 0.3) is 0 Å².